The molecule has 0 saturated carbocycles. The van der Waals surface area contributed by atoms with E-state index in [0.29, 0.717) is 4.31 Å². The summed E-state index contributed by atoms with van der Waals surface area (Å²) in [5.41, 5.74) is -0.734. The highest BCUT2D eigenvalue weighted by Crippen LogP contribution is 2.31. The summed E-state index contributed by atoms with van der Waals surface area (Å²) in [6.07, 6.45) is 0.270. The molecular formula is C13H16N2O8S. The highest BCUT2D eigenvalue weighted by Gasteiger charge is 2.37. The molecule has 0 aliphatic rings. The minimum absolute atomic E-state index is 0.0867. The minimum Gasteiger partial charge on any atom is -0.497 e. The number of carbonyl (C=O) groups excluding carboxylic acids is 2. The van der Waals surface area contributed by atoms with Gasteiger partial charge in [0.25, 0.3) is 15.7 Å². The van der Waals surface area contributed by atoms with E-state index in [1.54, 1.807) is 0 Å². The summed E-state index contributed by atoms with van der Waals surface area (Å²) < 4.78 is 35.3. The molecule has 1 atom stereocenters. The van der Waals surface area contributed by atoms with E-state index in [2.05, 4.69) is 4.74 Å². The maximum atomic E-state index is 12.7. The molecule has 0 amide bonds. The summed E-state index contributed by atoms with van der Waals surface area (Å²) in [7, 11) is -2.19. The summed E-state index contributed by atoms with van der Waals surface area (Å²) in [5.74, 6) is -0.819. The number of nitro benzene ring substituents is 1. The monoisotopic (exact) mass is 360 g/mol. The van der Waals surface area contributed by atoms with E-state index < -0.39 is 44.1 Å². The van der Waals surface area contributed by atoms with Gasteiger partial charge in [0.15, 0.2) is 4.90 Å². The maximum Gasteiger partial charge on any atom is 0.323 e. The maximum absolute atomic E-state index is 12.7. The molecule has 10 nitrogen and oxygen atoms in total. The second-order valence-corrected chi connectivity index (χ2v) is 6.39. The Morgan fingerprint density at radius 3 is 2.50 bits per heavy atom. The molecule has 0 saturated heterocycles. The minimum atomic E-state index is -4.51. The molecule has 0 spiro atoms. The van der Waals surface area contributed by atoms with Crippen molar-refractivity contribution in [2.45, 2.75) is 17.9 Å². The Morgan fingerprint density at radius 2 is 2.04 bits per heavy atom. The molecule has 1 aromatic rings. The van der Waals surface area contributed by atoms with E-state index in [4.69, 9.17) is 4.74 Å². The molecule has 0 unspecified atom stereocenters. The first kappa shape index (κ1) is 19.5. The van der Waals surface area contributed by atoms with Crippen LogP contribution in [0.4, 0.5) is 5.69 Å². The smallest absolute Gasteiger partial charge is 0.323 e. The Morgan fingerprint density at radius 1 is 1.42 bits per heavy atom. The van der Waals surface area contributed by atoms with Gasteiger partial charge < -0.3 is 14.3 Å². The third kappa shape index (κ3) is 3.86. The van der Waals surface area contributed by atoms with Crippen LogP contribution in [0.3, 0.4) is 0 Å². The van der Waals surface area contributed by atoms with E-state index in [0.717, 1.165) is 19.2 Å². The number of nitro groups is 1. The third-order valence-electron chi connectivity index (χ3n) is 3.18. The predicted octanol–water partition coefficient (Wildman–Crippen LogP) is 0.355. The summed E-state index contributed by atoms with van der Waals surface area (Å²) in [4.78, 5) is 32.1. The average molecular weight is 360 g/mol. The summed E-state index contributed by atoms with van der Waals surface area (Å²) in [6, 6.07) is 1.80. The number of sulfonamides is 1. The third-order valence-corrected chi connectivity index (χ3v) is 5.16. The van der Waals surface area contributed by atoms with Gasteiger partial charge in [-0.05, 0) is 19.1 Å². The Bertz CT molecular complexity index is 746. The lowest BCUT2D eigenvalue weighted by Crippen LogP contribution is -2.44. The molecule has 0 aliphatic carbocycles. The Kier molecular flexibility index (Phi) is 6.37. The Balaban J connectivity index is 3.52. The van der Waals surface area contributed by atoms with Crippen LogP contribution < -0.4 is 4.74 Å². The number of methoxy groups -OCH3 is 2. The van der Waals surface area contributed by atoms with E-state index in [1.807, 2.05) is 0 Å². The standard InChI is InChI=1S/C13H16N2O8S/c1-9(13(17)23-3)14(6-7-16)24(20,21)12-5-4-10(22-2)8-11(12)15(18)19/h4-5,7-9H,6H2,1-3H3/t9-/m1/s1. The fraction of sp³-hybridized carbons (Fsp3) is 0.385. The van der Waals surface area contributed by atoms with Gasteiger partial charge in [0.2, 0.25) is 0 Å². The zero-order chi connectivity index (χ0) is 18.5. The number of hydrogen-bond acceptors (Lipinski definition) is 8. The fourth-order valence-electron chi connectivity index (χ4n) is 1.94. The van der Waals surface area contributed by atoms with Gasteiger partial charge in [-0.1, -0.05) is 0 Å². The van der Waals surface area contributed by atoms with E-state index in [-0.39, 0.29) is 12.0 Å². The van der Waals surface area contributed by atoms with Crippen LogP contribution >= 0.6 is 0 Å². The summed E-state index contributed by atoms with van der Waals surface area (Å²) in [6.45, 7) is 0.546. The highest BCUT2D eigenvalue weighted by atomic mass is 32.2. The van der Waals surface area contributed by atoms with Gasteiger partial charge in [-0.25, -0.2) is 8.42 Å². The molecule has 0 aromatic heterocycles. The van der Waals surface area contributed by atoms with Crippen molar-refractivity contribution in [3.05, 3.63) is 28.3 Å². The lowest BCUT2D eigenvalue weighted by atomic mass is 10.3. The number of rotatable bonds is 8. The van der Waals surface area contributed by atoms with Crippen molar-refractivity contribution < 1.29 is 32.4 Å². The van der Waals surface area contributed by atoms with E-state index in [1.165, 1.54) is 20.1 Å². The van der Waals surface area contributed by atoms with Crippen molar-refractivity contribution in [1.29, 1.82) is 0 Å². The lowest BCUT2D eigenvalue weighted by molar-refractivity contribution is -0.387. The highest BCUT2D eigenvalue weighted by molar-refractivity contribution is 7.89. The van der Waals surface area contributed by atoms with Crippen LogP contribution in [0.25, 0.3) is 0 Å². The zero-order valence-electron chi connectivity index (χ0n) is 13.2. The molecular weight excluding hydrogens is 344 g/mol. The van der Waals surface area contributed by atoms with Gasteiger partial charge in [-0.15, -0.1) is 0 Å². The van der Waals surface area contributed by atoms with Crippen molar-refractivity contribution >= 4 is 28.0 Å². The Hall–Kier alpha value is -2.53. The number of hydrogen-bond donors (Lipinski definition) is 0. The van der Waals surface area contributed by atoms with Crippen molar-refractivity contribution in [1.82, 2.24) is 4.31 Å². The molecule has 0 aliphatic heterocycles. The average Bonchev–Trinajstić information content (AvgIpc) is 2.57. The van der Waals surface area contributed by atoms with Gasteiger partial charge in [-0.2, -0.15) is 4.31 Å². The van der Waals surface area contributed by atoms with Gasteiger partial charge in [0.1, 0.15) is 18.1 Å². The number of ether oxygens (including phenoxy) is 2. The zero-order valence-corrected chi connectivity index (χ0v) is 14.0. The molecule has 1 rings (SSSR count). The molecule has 0 heterocycles. The summed E-state index contributed by atoms with van der Waals surface area (Å²) in [5, 5.41) is 11.2. The van der Waals surface area contributed by atoms with Crippen LogP contribution in [0.15, 0.2) is 23.1 Å². The topological polar surface area (TPSA) is 133 Å². The van der Waals surface area contributed by atoms with E-state index in [9.17, 15) is 28.1 Å². The number of esters is 1. The normalized spacial score (nSPS) is 12.5. The van der Waals surface area contributed by atoms with Crippen LogP contribution in [0.1, 0.15) is 6.92 Å². The molecule has 24 heavy (non-hydrogen) atoms. The molecule has 0 bridgehead atoms. The molecule has 0 fully saturated rings. The number of carbonyl (C=O) groups is 2. The first-order valence-corrected chi connectivity index (χ1v) is 8.00. The van der Waals surface area contributed by atoms with Crippen LogP contribution in [0, 0.1) is 10.1 Å². The van der Waals surface area contributed by atoms with E-state index >= 15 is 0 Å². The number of benzene rings is 1. The first-order valence-electron chi connectivity index (χ1n) is 6.56. The quantitative estimate of drug-likeness (QED) is 0.281. The van der Waals surface area contributed by atoms with Gasteiger partial charge in [0.05, 0.1) is 31.8 Å². The molecule has 1 aromatic carbocycles. The number of aldehydes is 1. The second-order valence-electron chi connectivity index (χ2n) is 4.53. The fourth-order valence-corrected chi connectivity index (χ4v) is 3.59. The van der Waals surface area contributed by atoms with Gasteiger partial charge >= 0.3 is 5.97 Å². The summed E-state index contributed by atoms with van der Waals surface area (Å²) >= 11 is 0. The van der Waals surface area contributed by atoms with Gasteiger partial charge in [-0.3, -0.25) is 14.9 Å². The SMILES string of the molecule is COC(=O)[C@@H](C)N(CC=O)S(=O)(=O)c1ccc(OC)cc1[N+](=O)[O-]. The molecule has 0 N–H and O–H groups in total. The lowest BCUT2D eigenvalue weighted by Gasteiger charge is -2.24. The largest absolute Gasteiger partial charge is 0.497 e. The second kappa shape index (κ2) is 7.84. The Labute approximate surface area is 138 Å². The molecule has 11 heteroatoms. The van der Waals surface area contributed by atoms with Crippen LogP contribution in [0.2, 0.25) is 0 Å². The molecule has 0 radical (unpaired) electrons. The van der Waals surface area contributed by atoms with Crippen LogP contribution in [-0.2, 0) is 24.3 Å². The predicted molar refractivity (Wildman–Crippen MR) is 81.1 cm³/mol. The first-order chi connectivity index (χ1) is 11.2. The van der Waals surface area contributed by atoms with Crippen molar-refractivity contribution in [2.24, 2.45) is 0 Å². The van der Waals surface area contributed by atoms with Crippen LogP contribution in [-0.4, -0.2) is 56.7 Å². The van der Waals surface area contributed by atoms with Crippen molar-refractivity contribution in [3.8, 4) is 5.75 Å². The van der Waals surface area contributed by atoms with Crippen molar-refractivity contribution in [2.75, 3.05) is 20.8 Å². The van der Waals surface area contributed by atoms with Crippen LogP contribution in [0.5, 0.6) is 5.75 Å². The number of nitrogens with zero attached hydrogens (tertiary/aromatic N) is 2. The molecule has 132 valence electrons. The van der Waals surface area contributed by atoms with Crippen molar-refractivity contribution in [3.63, 3.8) is 0 Å². The van der Waals surface area contributed by atoms with Gasteiger partial charge in [0, 0.05) is 0 Å².